The summed E-state index contributed by atoms with van der Waals surface area (Å²) in [5.74, 6) is -1.67. The van der Waals surface area contributed by atoms with Crippen LogP contribution in [0.3, 0.4) is 0 Å². The lowest BCUT2D eigenvalue weighted by atomic mass is 9.85. The number of rotatable bonds is 4. The second kappa shape index (κ2) is 5.15. The van der Waals surface area contributed by atoms with E-state index in [1.165, 1.54) is 31.4 Å². The summed E-state index contributed by atoms with van der Waals surface area (Å²) >= 11 is 0. The van der Waals surface area contributed by atoms with Crippen molar-refractivity contribution in [2.45, 2.75) is 11.3 Å². The van der Waals surface area contributed by atoms with Gasteiger partial charge in [0.2, 0.25) is 0 Å². The highest BCUT2D eigenvalue weighted by molar-refractivity contribution is 7.86. The number of methoxy groups -OCH3 is 1. The number of fused-ring (bicyclic) bond motifs is 5. The van der Waals surface area contributed by atoms with Crippen LogP contribution in [0, 0.1) is 23.7 Å². The molecule has 1 aliphatic heterocycles. The lowest BCUT2D eigenvalue weighted by molar-refractivity contribution is -0.166. The van der Waals surface area contributed by atoms with Gasteiger partial charge in [-0.1, -0.05) is 12.2 Å². The number of carbonyl (C=O) groups is 2. The Bertz CT molecular complexity index is 814. The predicted molar refractivity (Wildman–Crippen MR) is 80.8 cm³/mol. The molecule has 1 heterocycles. The molecule has 4 unspecified atom stereocenters. The Hall–Kier alpha value is -2.19. The molecule has 1 aromatic carbocycles. The lowest BCUT2D eigenvalue weighted by Crippen LogP contribution is -2.35. The molecule has 4 rings (SSSR count). The number of hydroxylamine groups is 2. The van der Waals surface area contributed by atoms with E-state index in [-0.39, 0.29) is 16.7 Å². The maximum Gasteiger partial charge on any atom is 0.318 e. The summed E-state index contributed by atoms with van der Waals surface area (Å²) in [4.78, 5) is 24.8. The van der Waals surface area contributed by atoms with Crippen LogP contribution in [0.4, 0.5) is 0 Å². The Morgan fingerprint density at radius 1 is 1.00 bits per heavy atom. The van der Waals surface area contributed by atoms with Crippen molar-refractivity contribution in [3.63, 3.8) is 0 Å². The van der Waals surface area contributed by atoms with Crippen molar-refractivity contribution in [3.8, 4) is 5.75 Å². The summed E-state index contributed by atoms with van der Waals surface area (Å²) in [6, 6.07) is 5.52. The number of hydrogen-bond donors (Lipinski definition) is 0. The molecule has 4 atom stereocenters. The van der Waals surface area contributed by atoms with Gasteiger partial charge < -0.3 is 4.74 Å². The fourth-order valence-electron chi connectivity index (χ4n) is 3.83. The van der Waals surface area contributed by atoms with Crippen molar-refractivity contribution in [2.75, 3.05) is 7.11 Å². The number of benzene rings is 1. The van der Waals surface area contributed by atoms with E-state index in [2.05, 4.69) is 0 Å². The summed E-state index contributed by atoms with van der Waals surface area (Å²) in [5, 5.41) is 0.432. The summed E-state index contributed by atoms with van der Waals surface area (Å²) in [7, 11) is -2.81. The molecule has 8 heteroatoms. The van der Waals surface area contributed by atoms with Gasteiger partial charge in [0.15, 0.2) is 0 Å². The first-order chi connectivity index (χ1) is 11.4. The Morgan fingerprint density at radius 2 is 1.54 bits per heavy atom. The maximum absolute atomic E-state index is 12.5. The van der Waals surface area contributed by atoms with E-state index >= 15 is 0 Å². The van der Waals surface area contributed by atoms with Crippen LogP contribution in [0.25, 0.3) is 0 Å². The summed E-state index contributed by atoms with van der Waals surface area (Å²) in [6.07, 6.45) is 4.63. The molecule has 2 bridgehead atoms. The predicted octanol–water partition coefficient (Wildman–Crippen LogP) is 1.12. The number of amides is 2. The largest absolute Gasteiger partial charge is 0.497 e. The highest BCUT2D eigenvalue weighted by Crippen LogP contribution is 2.52. The van der Waals surface area contributed by atoms with E-state index in [1.807, 2.05) is 12.2 Å². The van der Waals surface area contributed by atoms with Gasteiger partial charge in [-0.05, 0) is 42.5 Å². The monoisotopic (exact) mass is 349 g/mol. The SMILES string of the molecule is COc1ccc(S(=O)(=O)ON2C(=O)C3C4C=CC(C4)C3C2=O)cc1. The number of imide groups is 1. The molecule has 7 nitrogen and oxygen atoms in total. The van der Waals surface area contributed by atoms with E-state index in [1.54, 1.807) is 0 Å². The van der Waals surface area contributed by atoms with Gasteiger partial charge in [0.05, 0.1) is 23.8 Å². The minimum absolute atomic E-state index is 0.00580. The van der Waals surface area contributed by atoms with E-state index in [0.717, 1.165) is 6.42 Å². The zero-order valence-electron chi connectivity index (χ0n) is 12.8. The van der Waals surface area contributed by atoms with Gasteiger partial charge in [0.25, 0.3) is 11.8 Å². The van der Waals surface area contributed by atoms with Crippen molar-refractivity contribution in [1.82, 2.24) is 5.06 Å². The molecule has 2 fully saturated rings. The molecule has 0 N–H and O–H groups in total. The van der Waals surface area contributed by atoms with Crippen molar-refractivity contribution in [2.24, 2.45) is 23.7 Å². The molecule has 2 aliphatic carbocycles. The second-order valence-electron chi connectivity index (χ2n) is 6.17. The van der Waals surface area contributed by atoms with Gasteiger partial charge in [-0.15, -0.1) is 9.35 Å². The highest BCUT2D eigenvalue weighted by Gasteiger charge is 2.60. The number of ether oxygens (including phenoxy) is 1. The maximum atomic E-state index is 12.5. The van der Waals surface area contributed by atoms with Crippen LogP contribution in [0.2, 0.25) is 0 Å². The van der Waals surface area contributed by atoms with E-state index in [4.69, 9.17) is 9.02 Å². The van der Waals surface area contributed by atoms with Crippen molar-refractivity contribution in [3.05, 3.63) is 36.4 Å². The third-order valence-electron chi connectivity index (χ3n) is 4.95. The van der Waals surface area contributed by atoms with Gasteiger partial charge in [-0.25, -0.2) is 0 Å². The third-order valence-corrected chi connectivity index (χ3v) is 6.15. The first-order valence-corrected chi connectivity index (χ1v) is 8.98. The van der Waals surface area contributed by atoms with Gasteiger partial charge in [-0.3, -0.25) is 9.59 Å². The topological polar surface area (TPSA) is 90.0 Å². The number of hydrogen-bond acceptors (Lipinski definition) is 6. The number of allylic oxidation sites excluding steroid dienone is 2. The average molecular weight is 349 g/mol. The zero-order chi connectivity index (χ0) is 17.1. The summed E-state index contributed by atoms with van der Waals surface area (Å²) in [5.41, 5.74) is 0. The molecular weight excluding hydrogens is 334 g/mol. The van der Waals surface area contributed by atoms with Gasteiger partial charge in [-0.2, -0.15) is 8.42 Å². The second-order valence-corrected chi connectivity index (χ2v) is 7.70. The normalized spacial score (nSPS) is 31.0. The molecule has 126 valence electrons. The molecule has 1 saturated carbocycles. The van der Waals surface area contributed by atoms with Gasteiger partial charge >= 0.3 is 10.1 Å². The minimum Gasteiger partial charge on any atom is -0.497 e. The first kappa shape index (κ1) is 15.3. The lowest BCUT2D eigenvalue weighted by Gasteiger charge is -2.16. The number of carbonyl (C=O) groups excluding carboxylic acids is 2. The molecular formula is C16H15NO6S. The Labute approximate surface area is 138 Å². The standard InChI is InChI=1S/C16H15NO6S/c1-22-11-4-6-12(7-5-11)24(20,21)23-17-15(18)13-9-2-3-10(8-9)14(13)16(17)19/h2-7,9-10,13-14H,8H2,1H3. The molecule has 1 aromatic rings. The van der Waals surface area contributed by atoms with Crippen LogP contribution < -0.4 is 4.74 Å². The average Bonchev–Trinajstić information content (AvgIpc) is 3.25. The van der Waals surface area contributed by atoms with E-state index < -0.39 is 33.8 Å². The van der Waals surface area contributed by atoms with E-state index in [0.29, 0.717) is 10.8 Å². The smallest absolute Gasteiger partial charge is 0.318 e. The van der Waals surface area contributed by atoms with Crippen LogP contribution in [-0.2, 0) is 24.0 Å². The van der Waals surface area contributed by atoms with Crippen LogP contribution >= 0.6 is 0 Å². The molecule has 1 saturated heterocycles. The molecule has 24 heavy (non-hydrogen) atoms. The molecule has 2 amide bonds. The van der Waals surface area contributed by atoms with Crippen molar-refractivity contribution in [1.29, 1.82) is 0 Å². The Morgan fingerprint density at radius 3 is 2.04 bits per heavy atom. The number of nitrogens with zero attached hydrogens (tertiary/aromatic N) is 1. The Kier molecular flexibility index (Phi) is 3.29. The fraction of sp³-hybridized carbons (Fsp3) is 0.375. The summed E-state index contributed by atoms with van der Waals surface area (Å²) < 4.78 is 34.6. The van der Waals surface area contributed by atoms with Crippen LogP contribution in [0.1, 0.15) is 6.42 Å². The minimum atomic E-state index is -4.27. The third kappa shape index (κ3) is 2.10. The molecule has 3 aliphatic rings. The van der Waals surface area contributed by atoms with Crippen molar-refractivity contribution < 1.29 is 27.0 Å². The van der Waals surface area contributed by atoms with Crippen LogP contribution in [-0.4, -0.2) is 32.4 Å². The van der Waals surface area contributed by atoms with Crippen LogP contribution in [0.15, 0.2) is 41.3 Å². The van der Waals surface area contributed by atoms with Gasteiger partial charge in [0.1, 0.15) is 5.75 Å². The molecule has 0 spiro atoms. The first-order valence-electron chi connectivity index (χ1n) is 7.57. The van der Waals surface area contributed by atoms with Crippen molar-refractivity contribution >= 4 is 21.9 Å². The Balaban J connectivity index is 1.59. The quantitative estimate of drug-likeness (QED) is 0.598. The van der Waals surface area contributed by atoms with Gasteiger partial charge in [0, 0.05) is 0 Å². The molecule has 0 radical (unpaired) electrons. The molecule has 0 aromatic heterocycles. The highest BCUT2D eigenvalue weighted by atomic mass is 32.2. The zero-order valence-corrected chi connectivity index (χ0v) is 13.6. The fourth-order valence-corrected chi connectivity index (χ4v) is 4.73. The van der Waals surface area contributed by atoms with E-state index in [9.17, 15) is 18.0 Å². The summed E-state index contributed by atoms with van der Waals surface area (Å²) in [6.45, 7) is 0. The van der Waals surface area contributed by atoms with Crippen LogP contribution in [0.5, 0.6) is 5.75 Å².